The van der Waals surface area contributed by atoms with E-state index >= 15 is 0 Å². The molecule has 0 unspecified atom stereocenters. The van der Waals surface area contributed by atoms with Crippen molar-refractivity contribution in [1.82, 2.24) is 20.2 Å². The number of pyridine rings is 2. The van der Waals surface area contributed by atoms with Crippen LogP contribution in [0.5, 0.6) is 0 Å². The van der Waals surface area contributed by atoms with Crippen LogP contribution in [-0.2, 0) is 0 Å². The van der Waals surface area contributed by atoms with Crippen LogP contribution in [0.2, 0.25) is 0 Å². The summed E-state index contributed by atoms with van der Waals surface area (Å²) in [6, 6.07) is 7.16. The molecule has 0 atom stereocenters. The summed E-state index contributed by atoms with van der Waals surface area (Å²) in [4.78, 5) is 8.55. The van der Waals surface area contributed by atoms with E-state index in [4.69, 9.17) is 0 Å². The maximum absolute atomic E-state index is 11.0. The van der Waals surface area contributed by atoms with Crippen molar-refractivity contribution < 1.29 is 4.73 Å². The molecule has 0 aliphatic carbocycles. The first-order chi connectivity index (χ1) is 9.22. The number of aromatic nitrogens is 5. The predicted molar refractivity (Wildman–Crippen MR) is 68.7 cm³/mol. The van der Waals surface area contributed by atoms with E-state index in [0.29, 0.717) is 11.6 Å². The van der Waals surface area contributed by atoms with Crippen LogP contribution in [0, 0.1) is 12.1 Å². The molecule has 0 radical (unpaired) electrons. The summed E-state index contributed by atoms with van der Waals surface area (Å²) in [6.07, 6.45) is 4.58. The van der Waals surface area contributed by atoms with Gasteiger partial charge in [0.2, 0.25) is 0 Å². The topological polar surface area (TPSA) is 81.4 Å². The third-order valence-electron chi connectivity index (χ3n) is 2.72. The molecule has 94 valence electrons. The average Bonchev–Trinajstić information content (AvgIpc) is 2.89. The third kappa shape index (κ3) is 2.28. The van der Waals surface area contributed by atoms with Gasteiger partial charge in [-0.05, 0) is 19.1 Å². The summed E-state index contributed by atoms with van der Waals surface area (Å²) in [5.74, 6) is 1.24. The van der Waals surface area contributed by atoms with Crippen LogP contribution in [0.3, 0.4) is 0 Å². The number of hydrogen-bond acceptors (Lipinski definition) is 4. The molecule has 3 aromatic heterocycles. The van der Waals surface area contributed by atoms with Crippen molar-refractivity contribution in [1.29, 1.82) is 0 Å². The Morgan fingerprint density at radius 2 is 1.95 bits per heavy atom. The Morgan fingerprint density at radius 3 is 2.68 bits per heavy atom. The van der Waals surface area contributed by atoms with E-state index in [9.17, 15) is 5.21 Å². The van der Waals surface area contributed by atoms with E-state index in [1.54, 1.807) is 18.3 Å². The zero-order chi connectivity index (χ0) is 13.2. The number of rotatable bonds is 2. The summed E-state index contributed by atoms with van der Waals surface area (Å²) in [5.41, 5.74) is 2.64. The fourth-order valence-corrected chi connectivity index (χ4v) is 1.78. The maximum Gasteiger partial charge on any atom is 0.181 e. The molecule has 0 bridgehead atoms. The quantitative estimate of drug-likeness (QED) is 0.554. The third-order valence-corrected chi connectivity index (χ3v) is 2.72. The number of nitrogens with one attached hydrogen (secondary N) is 1. The van der Waals surface area contributed by atoms with Gasteiger partial charge in [-0.25, -0.2) is 4.98 Å². The number of hydrogen-bond donors (Lipinski definition) is 1. The number of aryl methyl sites for hydroxylation is 1. The highest BCUT2D eigenvalue weighted by Crippen LogP contribution is 2.19. The molecule has 0 saturated heterocycles. The van der Waals surface area contributed by atoms with Gasteiger partial charge in [-0.3, -0.25) is 10.1 Å². The van der Waals surface area contributed by atoms with Crippen LogP contribution < -0.4 is 4.73 Å². The predicted octanol–water partition coefficient (Wildman–Crippen LogP) is 1.48. The molecule has 0 aromatic carbocycles. The van der Waals surface area contributed by atoms with E-state index in [1.807, 2.05) is 19.1 Å². The van der Waals surface area contributed by atoms with Crippen molar-refractivity contribution in [2.75, 3.05) is 0 Å². The molecule has 3 aromatic rings. The lowest BCUT2D eigenvalue weighted by Gasteiger charge is -1.97. The van der Waals surface area contributed by atoms with Crippen molar-refractivity contribution in [2.24, 2.45) is 0 Å². The van der Waals surface area contributed by atoms with Crippen molar-refractivity contribution in [2.45, 2.75) is 6.92 Å². The normalized spacial score (nSPS) is 10.6. The Bertz CT molecular complexity index is 705. The average molecular weight is 253 g/mol. The van der Waals surface area contributed by atoms with Gasteiger partial charge in [0.15, 0.2) is 24.0 Å². The molecule has 0 spiro atoms. The van der Waals surface area contributed by atoms with Crippen LogP contribution >= 0.6 is 0 Å². The highest BCUT2D eigenvalue weighted by Gasteiger charge is 2.08. The largest absolute Gasteiger partial charge is 0.619 e. The van der Waals surface area contributed by atoms with E-state index in [2.05, 4.69) is 20.2 Å². The Hall–Kier alpha value is -2.76. The first kappa shape index (κ1) is 11.3. The van der Waals surface area contributed by atoms with Crippen LogP contribution in [0.25, 0.3) is 22.8 Å². The smallest absolute Gasteiger partial charge is 0.181 e. The fraction of sp³-hybridized carbons (Fsp3) is 0.0769. The van der Waals surface area contributed by atoms with Crippen molar-refractivity contribution >= 4 is 0 Å². The van der Waals surface area contributed by atoms with E-state index in [0.717, 1.165) is 21.6 Å². The molecule has 1 N–H and O–H groups in total. The zero-order valence-corrected chi connectivity index (χ0v) is 10.2. The zero-order valence-electron chi connectivity index (χ0n) is 10.2. The summed E-state index contributed by atoms with van der Waals surface area (Å²) >= 11 is 0. The van der Waals surface area contributed by atoms with Gasteiger partial charge >= 0.3 is 0 Å². The van der Waals surface area contributed by atoms with E-state index in [1.165, 1.54) is 12.4 Å². The minimum atomic E-state index is 0.611. The molecule has 3 rings (SSSR count). The minimum absolute atomic E-state index is 0.611. The van der Waals surface area contributed by atoms with Gasteiger partial charge in [0, 0.05) is 35.2 Å². The number of aromatic amines is 1. The van der Waals surface area contributed by atoms with E-state index < -0.39 is 0 Å². The highest BCUT2D eigenvalue weighted by molar-refractivity contribution is 5.60. The lowest BCUT2D eigenvalue weighted by atomic mass is 10.2. The van der Waals surface area contributed by atoms with Gasteiger partial charge in [-0.1, -0.05) is 0 Å². The lowest BCUT2D eigenvalue weighted by molar-refractivity contribution is -0.605. The summed E-state index contributed by atoms with van der Waals surface area (Å²) in [6.45, 7) is 1.92. The van der Waals surface area contributed by atoms with Gasteiger partial charge in [0.1, 0.15) is 0 Å². The second kappa shape index (κ2) is 4.49. The van der Waals surface area contributed by atoms with Crippen molar-refractivity contribution in [3.05, 3.63) is 53.8 Å². The molecule has 0 saturated carbocycles. The minimum Gasteiger partial charge on any atom is -0.619 e. The first-order valence-electron chi connectivity index (χ1n) is 5.77. The maximum atomic E-state index is 11.0. The number of nitrogens with zero attached hydrogens (tertiary/aromatic N) is 4. The molecule has 6 heteroatoms. The summed E-state index contributed by atoms with van der Waals surface area (Å²) < 4.78 is 0.729. The first-order valence-corrected chi connectivity index (χ1v) is 5.77. The molecular formula is C13H11N5O. The second-order valence-electron chi connectivity index (χ2n) is 4.14. The van der Waals surface area contributed by atoms with E-state index in [-0.39, 0.29) is 0 Å². The summed E-state index contributed by atoms with van der Waals surface area (Å²) in [5, 5.41) is 18.0. The van der Waals surface area contributed by atoms with Gasteiger partial charge in [-0.15, -0.1) is 0 Å². The molecular weight excluding hydrogens is 242 g/mol. The molecule has 6 nitrogen and oxygen atoms in total. The Balaban J connectivity index is 1.97. The van der Waals surface area contributed by atoms with Gasteiger partial charge in [-0.2, -0.15) is 9.83 Å². The molecule has 0 aliphatic heterocycles. The molecule has 0 aliphatic rings. The van der Waals surface area contributed by atoms with Gasteiger partial charge in [0.05, 0.1) is 0 Å². The molecule has 3 heterocycles. The standard InChI is InChI=1S/C13H11N5O/c1-9-8-11(2-5-14-9)13-15-12(16-17-13)10-3-6-18(19)7-4-10/h2-8H,1H3,(H,15,16,17). The van der Waals surface area contributed by atoms with Crippen LogP contribution in [0.4, 0.5) is 0 Å². The lowest BCUT2D eigenvalue weighted by Crippen LogP contribution is -2.23. The highest BCUT2D eigenvalue weighted by atomic mass is 16.5. The fourth-order valence-electron chi connectivity index (χ4n) is 1.78. The molecule has 19 heavy (non-hydrogen) atoms. The second-order valence-corrected chi connectivity index (χ2v) is 4.14. The van der Waals surface area contributed by atoms with Gasteiger partial charge < -0.3 is 5.21 Å². The molecule has 0 fully saturated rings. The summed E-state index contributed by atoms with van der Waals surface area (Å²) in [7, 11) is 0. The SMILES string of the molecule is Cc1cc(-c2n[nH]c(-c3cc[n+]([O-])cc3)n2)ccn1. The number of H-pyrrole nitrogens is 1. The molecule has 0 amide bonds. The Morgan fingerprint density at radius 1 is 1.16 bits per heavy atom. The monoisotopic (exact) mass is 253 g/mol. The van der Waals surface area contributed by atoms with Gasteiger partial charge in [0.25, 0.3) is 0 Å². The van der Waals surface area contributed by atoms with Crippen LogP contribution in [0.15, 0.2) is 42.9 Å². The van der Waals surface area contributed by atoms with Crippen molar-refractivity contribution in [3.8, 4) is 22.8 Å². The van der Waals surface area contributed by atoms with Crippen molar-refractivity contribution in [3.63, 3.8) is 0 Å². The Labute approximate surface area is 109 Å². The van der Waals surface area contributed by atoms with Crippen LogP contribution in [-0.4, -0.2) is 20.2 Å². The van der Waals surface area contributed by atoms with Crippen LogP contribution in [0.1, 0.15) is 5.69 Å². The Kier molecular flexibility index (Phi) is 2.68.